The van der Waals surface area contributed by atoms with E-state index in [9.17, 15) is 4.39 Å². The highest BCUT2D eigenvalue weighted by Gasteiger charge is 2.04. The fourth-order valence-electron chi connectivity index (χ4n) is 1.84. The summed E-state index contributed by atoms with van der Waals surface area (Å²) in [6.45, 7) is 0.973. The Morgan fingerprint density at radius 1 is 1.19 bits per heavy atom. The van der Waals surface area contributed by atoms with Crippen molar-refractivity contribution in [1.29, 1.82) is 0 Å². The first-order valence-corrected chi connectivity index (χ1v) is 6.53. The maximum absolute atomic E-state index is 12.8. The van der Waals surface area contributed by atoms with Crippen molar-refractivity contribution >= 4 is 11.6 Å². The molecule has 0 saturated heterocycles. The third-order valence-corrected chi connectivity index (χ3v) is 2.83. The number of benzene rings is 1. The number of methoxy groups -OCH3 is 1. The molecule has 0 bridgehead atoms. The van der Waals surface area contributed by atoms with Crippen LogP contribution < -0.4 is 16.6 Å². The van der Waals surface area contributed by atoms with Gasteiger partial charge in [0.15, 0.2) is 5.82 Å². The number of aromatic nitrogens is 2. The van der Waals surface area contributed by atoms with Crippen molar-refractivity contribution in [2.45, 2.75) is 13.0 Å². The third-order valence-electron chi connectivity index (χ3n) is 2.83. The molecule has 4 N–H and O–H groups in total. The van der Waals surface area contributed by atoms with Gasteiger partial charge >= 0.3 is 0 Å². The molecule has 1 heterocycles. The molecule has 0 atom stereocenters. The normalized spacial score (nSPS) is 10.4. The molecule has 2 rings (SSSR count). The Morgan fingerprint density at radius 2 is 1.90 bits per heavy atom. The van der Waals surface area contributed by atoms with Crippen LogP contribution in [0.4, 0.5) is 16.0 Å². The molecule has 0 aliphatic carbocycles. The Balaban J connectivity index is 1.95. The van der Waals surface area contributed by atoms with E-state index in [4.69, 9.17) is 10.6 Å². The monoisotopic (exact) mass is 291 g/mol. The fourth-order valence-corrected chi connectivity index (χ4v) is 1.84. The predicted molar refractivity (Wildman–Crippen MR) is 79.1 cm³/mol. The maximum Gasteiger partial charge on any atom is 0.158 e. The number of hydrogen-bond acceptors (Lipinski definition) is 6. The van der Waals surface area contributed by atoms with Gasteiger partial charge in [-0.15, -0.1) is 0 Å². The Labute approximate surface area is 122 Å². The molecular weight excluding hydrogens is 273 g/mol. The summed E-state index contributed by atoms with van der Waals surface area (Å²) in [6.07, 6.45) is 0.759. The second-order valence-corrected chi connectivity index (χ2v) is 4.44. The molecule has 1 aromatic carbocycles. The molecule has 21 heavy (non-hydrogen) atoms. The van der Waals surface area contributed by atoms with E-state index in [0.717, 1.165) is 12.0 Å². The van der Waals surface area contributed by atoms with Crippen molar-refractivity contribution < 1.29 is 9.13 Å². The molecule has 0 fully saturated rings. The lowest BCUT2D eigenvalue weighted by atomic mass is 10.1. The van der Waals surface area contributed by atoms with Crippen molar-refractivity contribution in [3.8, 4) is 0 Å². The van der Waals surface area contributed by atoms with Gasteiger partial charge < -0.3 is 15.5 Å². The van der Waals surface area contributed by atoms with Gasteiger partial charge in [-0.3, -0.25) is 0 Å². The van der Waals surface area contributed by atoms with E-state index in [-0.39, 0.29) is 5.82 Å². The number of nitrogen functional groups attached to an aromatic ring is 1. The zero-order valence-electron chi connectivity index (χ0n) is 11.8. The summed E-state index contributed by atoms with van der Waals surface area (Å²) in [6, 6.07) is 8.14. The van der Waals surface area contributed by atoms with Gasteiger partial charge in [0.1, 0.15) is 24.1 Å². The van der Waals surface area contributed by atoms with Crippen LogP contribution in [-0.2, 0) is 17.8 Å². The van der Waals surface area contributed by atoms with E-state index in [1.165, 1.54) is 12.1 Å². The zero-order chi connectivity index (χ0) is 15.1. The smallest absolute Gasteiger partial charge is 0.158 e. The lowest BCUT2D eigenvalue weighted by Crippen LogP contribution is -2.13. The summed E-state index contributed by atoms with van der Waals surface area (Å²) in [4.78, 5) is 8.48. The molecule has 0 aliphatic rings. The van der Waals surface area contributed by atoms with Crippen LogP contribution in [0.3, 0.4) is 0 Å². The van der Waals surface area contributed by atoms with Gasteiger partial charge in [-0.25, -0.2) is 20.2 Å². The summed E-state index contributed by atoms with van der Waals surface area (Å²) in [7, 11) is 1.58. The molecule has 1 aromatic heterocycles. The molecule has 0 spiro atoms. The van der Waals surface area contributed by atoms with E-state index in [1.807, 2.05) is 0 Å². The van der Waals surface area contributed by atoms with Crippen LogP contribution in [0.15, 0.2) is 30.3 Å². The van der Waals surface area contributed by atoms with E-state index in [1.54, 1.807) is 25.3 Å². The molecule has 7 heteroatoms. The minimum Gasteiger partial charge on any atom is -0.377 e. The molecule has 0 aliphatic heterocycles. The number of nitrogens with zero attached hydrogens (tertiary/aromatic N) is 2. The Morgan fingerprint density at radius 3 is 2.57 bits per heavy atom. The SMILES string of the molecule is COCc1nc(NN)cc(NCCc2ccc(F)cc2)n1. The van der Waals surface area contributed by atoms with Gasteiger partial charge in [-0.05, 0) is 24.1 Å². The van der Waals surface area contributed by atoms with Crippen molar-refractivity contribution in [3.63, 3.8) is 0 Å². The quantitative estimate of drug-likeness (QED) is 0.532. The van der Waals surface area contributed by atoms with E-state index in [2.05, 4.69) is 20.7 Å². The number of halogens is 1. The summed E-state index contributed by atoms with van der Waals surface area (Å²) >= 11 is 0. The van der Waals surface area contributed by atoms with E-state index >= 15 is 0 Å². The first-order valence-electron chi connectivity index (χ1n) is 6.53. The predicted octanol–water partition coefficient (Wildman–Crippen LogP) is 1.70. The highest BCUT2D eigenvalue weighted by Crippen LogP contribution is 2.11. The van der Waals surface area contributed by atoms with Gasteiger partial charge in [-0.1, -0.05) is 12.1 Å². The Hall–Kier alpha value is -2.25. The van der Waals surface area contributed by atoms with Crippen LogP contribution in [0.5, 0.6) is 0 Å². The van der Waals surface area contributed by atoms with E-state index < -0.39 is 0 Å². The number of nitrogens with one attached hydrogen (secondary N) is 2. The summed E-state index contributed by atoms with van der Waals surface area (Å²) < 4.78 is 17.8. The Bertz CT molecular complexity index is 576. The molecule has 112 valence electrons. The van der Waals surface area contributed by atoms with Gasteiger partial charge in [-0.2, -0.15) is 0 Å². The van der Waals surface area contributed by atoms with E-state index in [0.29, 0.717) is 30.6 Å². The molecule has 2 aromatic rings. The van der Waals surface area contributed by atoms with Crippen molar-refractivity contribution in [3.05, 3.63) is 47.5 Å². The number of rotatable bonds is 7. The van der Waals surface area contributed by atoms with Gasteiger partial charge in [0.2, 0.25) is 0 Å². The number of hydrogen-bond donors (Lipinski definition) is 3. The minimum absolute atomic E-state index is 0.231. The number of nitrogens with two attached hydrogens (primary N) is 1. The van der Waals surface area contributed by atoms with Crippen molar-refractivity contribution in [2.24, 2.45) is 5.84 Å². The maximum atomic E-state index is 12.8. The number of anilines is 2. The minimum atomic E-state index is -0.231. The average molecular weight is 291 g/mol. The second kappa shape index (κ2) is 7.51. The average Bonchev–Trinajstić information content (AvgIpc) is 2.49. The first kappa shape index (κ1) is 15.1. The Kier molecular flexibility index (Phi) is 5.42. The zero-order valence-corrected chi connectivity index (χ0v) is 11.8. The highest BCUT2D eigenvalue weighted by molar-refractivity contribution is 5.46. The van der Waals surface area contributed by atoms with Gasteiger partial charge in [0, 0.05) is 19.7 Å². The molecular formula is C14H18FN5O. The van der Waals surface area contributed by atoms with Crippen LogP contribution in [0.1, 0.15) is 11.4 Å². The first-order chi connectivity index (χ1) is 10.2. The fraction of sp³-hybridized carbons (Fsp3) is 0.286. The van der Waals surface area contributed by atoms with Crippen molar-refractivity contribution in [1.82, 2.24) is 9.97 Å². The lowest BCUT2D eigenvalue weighted by Gasteiger charge is -2.09. The van der Waals surface area contributed by atoms with Crippen molar-refractivity contribution in [2.75, 3.05) is 24.4 Å². The van der Waals surface area contributed by atoms with Crippen LogP contribution in [0.25, 0.3) is 0 Å². The third kappa shape index (κ3) is 4.66. The molecule has 0 saturated carbocycles. The van der Waals surface area contributed by atoms with Crippen LogP contribution >= 0.6 is 0 Å². The van der Waals surface area contributed by atoms with Gasteiger partial charge in [0.25, 0.3) is 0 Å². The standard InChI is InChI=1S/C14H18FN5O/c1-21-9-14-18-12(8-13(19-14)20-16)17-7-6-10-2-4-11(15)5-3-10/h2-5,8H,6-7,9,16H2,1H3,(H2,17,18,19,20). The molecule has 0 amide bonds. The van der Waals surface area contributed by atoms with Gasteiger partial charge in [0.05, 0.1) is 0 Å². The molecule has 0 radical (unpaired) electrons. The second-order valence-electron chi connectivity index (χ2n) is 4.44. The molecule has 0 unspecified atom stereocenters. The summed E-state index contributed by atoms with van der Waals surface area (Å²) in [5, 5.41) is 3.19. The lowest BCUT2D eigenvalue weighted by molar-refractivity contribution is 0.178. The molecule has 6 nitrogen and oxygen atoms in total. The topological polar surface area (TPSA) is 85.1 Å². The van der Waals surface area contributed by atoms with Crippen LogP contribution in [0, 0.1) is 5.82 Å². The largest absolute Gasteiger partial charge is 0.377 e. The number of hydrazine groups is 1. The van der Waals surface area contributed by atoms with Crippen LogP contribution in [0.2, 0.25) is 0 Å². The van der Waals surface area contributed by atoms with Crippen LogP contribution in [-0.4, -0.2) is 23.6 Å². The highest BCUT2D eigenvalue weighted by atomic mass is 19.1. The summed E-state index contributed by atoms with van der Waals surface area (Å²) in [5.74, 6) is 6.86. The number of ether oxygens (including phenoxy) is 1. The summed E-state index contributed by atoms with van der Waals surface area (Å²) in [5.41, 5.74) is 3.54.